The van der Waals surface area contributed by atoms with Crippen molar-refractivity contribution in [2.45, 2.75) is 52.5 Å². The van der Waals surface area contributed by atoms with E-state index in [1.54, 1.807) is 0 Å². The minimum atomic E-state index is 0.449. The van der Waals surface area contributed by atoms with Gasteiger partial charge in [0.1, 0.15) is 0 Å². The fraction of sp³-hybridized carbons (Fsp3) is 1.00. The van der Waals surface area contributed by atoms with Crippen molar-refractivity contribution in [2.24, 2.45) is 11.8 Å². The van der Waals surface area contributed by atoms with Crippen LogP contribution in [0.4, 0.5) is 0 Å². The second-order valence-electron chi connectivity index (χ2n) is 3.69. The molecule has 0 aliphatic carbocycles. The third-order valence-electron chi connectivity index (χ3n) is 2.84. The molecule has 0 aromatic carbocycles. The lowest BCUT2D eigenvalue weighted by Gasteiger charge is -2.24. The van der Waals surface area contributed by atoms with E-state index in [1.807, 2.05) is 6.92 Å². The molecule has 1 unspecified atom stereocenters. The summed E-state index contributed by atoms with van der Waals surface area (Å²) in [6.07, 6.45) is 4.60. The average Bonchev–Trinajstić information content (AvgIpc) is 2.23. The highest BCUT2D eigenvalue weighted by atomic mass is 16.5. The van der Waals surface area contributed by atoms with Crippen LogP contribution in [0.15, 0.2) is 0 Å². The van der Waals surface area contributed by atoms with Gasteiger partial charge in [-0.15, -0.1) is 0 Å². The first-order chi connectivity index (χ1) is 6.79. The lowest BCUT2D eigenvalue weighted by molar-refractivity contribution is 0.137. The molecule has 0 heterocycles. The van der Waals surface area contributed by atoms with Crippen LogP contribution < -0.4 is 11.3 Å². The number of hydrogen-bond acceptors (Lipinski definition) is 3. The van der Waals surface area contributed by atoms with Gasteiger partial charge in [-0.25, -0.2) is 0 Å². The summed E-state index contributed by atoms with van der Waals surface area (Å²) < 4.78 is 5.31. The Balaban J connectivity index is 3.65. The number of hydrogen-bond donors (Lipinski definition) is 2. The van der Waals surface area contributed by atoms with E-state index in [0.717, 1.165) is 26.1 Å². The van der Waals surface area contributed by atoms with Crippen LogP contribution >= 0.6 is 0 Å². The van der Waals surface area contributed by atoms with Crippen LogP contribution in [0, 0.1) is 5.92 Å². The van der Waals surface area contributed by atoms with Crippen LogP contribution in [0.3, 0.4) is 0 Å². The standard InChI is InChI=1S/C11H26N2O/c1-4-10(5-2)11(13-12)8-7-9-14-6-3/h10-11,13H,4-9,12H2,1-3H3. The van der Waals surface area contributed by atoms with E-state index in [0.29, 0.717) is 12.0 Å². The summed E-state index contributed by atoms with van der Waals surface area (Å²) in [5.74, 6) is 6.24. The van der Waals surface area contributed by atoms with Crippen LogP contribution in [-0.2, 0) is 4.74 Å². The summed E-state index contributed by atoms with van der Waals surface area (Å²) in [6, 6.07) is 0.449. The Morgan fingerprint density at radius 3 is 2.29 bits per heavy atom. The zero-order chi connectivity index (χ0) is 10.8. The monoisotopic (exact) mass is 202 g/mol. The molecule has 3 nitrogen and oxygen atoms in total. The minimum Gasteiger partial charge on any atom is -0.382 e. The third kappa shape index (κ3) is 5.58. The van der Waals surface area contributed by atoms with Gasteiger partial charge in [0.25, 0.3) is 0 Å². The topological polar surface area (TPSA) is 47.3 Å². The molecule has 14 heavy (non-hydrogen) atoms. The number of hydrazine groups is 1. The number of ether oxygens (including phenoxy) is 1. The highest BCUT2D eigenvalue weighted by Gasteiger charge is 2.15. The Morgan fingerprint density at radius 1 is 1.21 bits per heavy atom. The van der Waals surface area contributed by atoms with Crippen molar-refractivity contribution >= 4 is 0 Å². The lowest BCUT2D eigenvalue weighted by atomic mass is 9.91. The zero-order valence-corrected chi connectivity index (χ0v) is 9.88. The maximum atomic E-state index is 5.55. The number of nitrogens with one attached hydrogen (secondary N) is 1. The summed E-state index contributed by atoms with van der Waals surface area (Å²) >= 11 is 0. The van der Waals surface area contributed by atoms with Gasteiger partial charge in [0.2, 0.25) is 0 Å². The maximum Gasteiger partial charge on any atom is 0.0466 e. The lowest BCUT2D eigenvalue weighted by Crippen LogP contribution is -2.40. The van der Waals surface area contributed by atoms with Crippen molar-refractivity contribution in [1.82, 2.24) is 5.43 Å². The highest BCUT2D eigenvalue weighted by molar-refractivity contribution is 4.72. The van der Waals surface area contributed by atoms with Gasteiger partial charge >= 0.3 is 0 Å². The Labute approximate surface area is 88.4 Å². The largest absolute Gasteiger partial charge is 0.382 e. The Hall–Kier alpha value is -0.120. The predicted octanol–water partition coefficient (Wildman–Crippen LogP) is 2.07. The second-order valence-corrected chi connectivity index (χ2v) is 3.69. The van der Waals surface area contributed by atoms with Crippen LogP contribution in [-0.4, -0.2) is 19.3 Å². The van der Waals surface area contributed by atoms with Gasteiger partial charge in [-0.2, -0.15) is 0 Å². The molecule has 0 aromatic rings. The van der Waals surface area contributed by atoms with Crippen molar-refractivity contribution in [3.05, 3.63) is 0 Å². The molecule has 0 aliphatic heterocycles. The summed E-state index contributed by atoms with van der Waals surface area (Å²) in [4.78, 5) is 0. The fourth-order valence-corrected chi connectivity index (χ4v) is 1.86. The zero-order valence-electron chi connectivity index (χ0n) is 9.88. The van der Waals surface area contributed by atoms with Crippen LogP contribution in [0.1, 0.15) is 46.5 Å². The Morgan fingerprint density at radius 2 is 1.86 bits per heavy atom. The summed E-state index contributed by atoms with van der Waals surface area (Å²) in [6.45, 7) is 8.14. The first-order valence-corrected chi connectivity index (χ1v) is 5.83. The molecule has 0 fully saturated rings. The van der Waals surface area contributed by atoms with Crippen LogP contribution in [0.25, 0.3) is 0 Å². The quantitative estimate of drug-likeness (QED) is 0.342. The molecule has 0 rings (SSSR count). The second kappa shape index (κ2) is 9.44. The summed E-state index contributed by atoms with van der Waals surface area (Å²) in [5, 5.41) is 0. The van der Waals surface area contributed by atoms with Gasteiger partial charge in [0, 0.05) is 19.3 Å². The first-order valence-electron chi connectivity index (χ1n) is 5.83. The number of nitrogens with two attached hydrogens (primary N) is 1. The number of rotatable bonds is 9. The van der Waals surface area contributed by atoms with E-state index in [2.05, 4.69) is 19.3 Å². The van der Waals surface area contributed by atoms with E-state index >= 15 is 0 Å². The van der Waals surface area contributed by atoms with Crippen LogP contribution in [0.2, 0.25) is 0 Å². The maximum absolute atomic E-state index is 5.55. The van der Waals surface area contributed by atoms with E-state index in [4.69, 9.17) is 10.6 Å². The van der Waals surface area contributed by atoms with E-state index in [1.165, 1.54) is 12.8 Å². The van der Waals surface area contributed by atoms with Crippen molar-refractivity contribution in [2.75, 3.05) is 13.2 Å². The molecule has 0 saturated carbocycles. The van der Waals surface area contributed by atoms with Gasteiger partial charge < -0.3 is 4.74 Å². The molecule has 0 aromatic heterocycles. The van der Waals surface area contributed by atoms with Gasteiger partial charge in [-0.1, -0.05) is 26.7 Å². The van der Waals surface area contributed by atoms with Crippen molar-refractivity contribution in [1.29, 1.82) is 0 Å². The van der Waals surface area contributed by atoms with Gasteiger partial charge in [-0.3, -0.25) is 11.3 Å². The molecule has 0 saturated heterocycles. The molecule has 0 radical (unpaired) electrons. The van der Waals surface area contributed by atoms with Crippen molar-refractivity contribution < 1.29 is 4.74 Å². The minimum absolute atomic E-state index is 0.449. The first kappa shape index (κ1) is 13.9. The molecule has 0 bridgehead atoms. The molecule has 0 aliphatic rings. The normalized spacial score (nSPS) is 13.5. The van der Waals surface area contributed by atoms with Gasteiger partial charge in [0.05, 0.1) is 0 Å². The van der Waals surface area contributed by atoms with Crippen LogP contribution in [0.5, 0.6) is 0 Å². The van der Waals surface area contributed by atoms with E-state index < -0.39 is 0 Å². The molecule has 0 amide bonds. The van der Waals surface area contributed by atoms with Gasteiger partial charge in [-0.05, 0) is 25.7 Å². The molecule has 86 valence electrons. The average molecular weight is 202 g/mol. The Kier molecular flexibility index (Phi) is 9.35. The van der Waals surface area contributed by atoms with E-state index in [-0.39, 0.29) is 0 Å². The van der Waals surface area contributed by atoms with Crippen molar-refractivity contribution in [3.63, 3.8) is 0 Å². The highest BCUT2D eigenvalue weighted by Crippen LogP contribution is 2.16. The molecular formula is C11H26N2O. The molecule has 1 atom stereocenters. The molecule has 3 N–H and O–H groups in total. The summed E-state index contributed by atoms with van der Waals surface area (Å²) in [5.41, 5.74) is 2.93. The Bertz CT molecular complexity index is 116. The molecular weight excluding hydrogens is 176 g/mol. The fourth-order valence-electron chi connectivity index (χ4n) is 1.86. The SMILES string of the molecule is CCOCCCC(NN)C(CC)CC. The summed E-state index contributed by atoms with van der Waals surface area (Å²) in [7, 11) is 0. The van der Waals surface area contributed by atoms with Gasteiger partial charge in [0.15, 0.2) is 0 Å². The molecule has 0 spiro atoms. The smallest absolute Gasteiger partial charge is 0.0466 e. The van der Waals surface area contributed by atoms with E-state index in [9.17, 15) is 0 Å². The molecule has 3 heteroatoms. The van der Waals surface area contributed by atoms with Crippen molar-refractivity contribution in [3.8, 4) is 0 Å². The predicted molar refractivity (Wildman–Crippen MR) is 60.9 cm³/mol. The third-order valence-corrected chi connectivity index (χ3v) is 2.84.